The van der Waals surface area contributed by atoms with Crippen LogP contribution in [-0.2, 0) is 23.0 Å². The molecule has 0 unspecified atom stereocenters. The highest BCUT2D eigenvalue weighted by Crippen LogP contribution is 2.30. The van der Waals surface area contributed by atoms with Crippen LogP contribution >= 0.6 is 11.3 Å². The van der Waals surface area contributed by atoms with Gasteiger partial charge in [0.25, 0.3) is 5.91 Å². The second-order valence-corrected chi connectivity index (χ2v) is 9.65. The highest BCUT2D eigenvalue weighted by Gasteiger charge is 2.33. The van der Waals surface area contributed by atoms with Crippen molar-refractivity contribution < 1.29 is 13.2 Å². The van der Waals surface area contributed by atoms with E-state index in [0.717, 1.165) is 24.8 Å². The van der Waals surface area contributed by atoms with Crippen molar-refractivity contribution in [2.75, 3.05) is 19.6 Å². The number of nitrogens with zero attached hydrogens (tertiary/aromatic N) is 2. The molecular weight excluding hydrogens is 368 g/mol. The van der Waals surface area contributed by atoms with Gasteiger partial charge >= 0.3 is 0 Å². The lowest BCUT2D eigenvalue weighted by Gasteiger charge is -2.29. The predicted molar refractivity (Wildman–Crippen MR) is 102 cm³/mol. The Hall–Kier alpha value is -1.70. The fraction of sp³-hybridized carbons (Fsp3) is 0.421. The summed E-state index contributed by atoms with van der Waals surface area (Å²) in [6, 6.07) is 9.53. The topological polar surface area (TPSA) is 57.7 Å². The van der Waals surface area contributed by atoms with Crippen LogP contribution in [0.25, 0.3) is 0 Å². The number of hydrogen-bond acceptors (Lipinski definition) is 4. The SMILES string of the molecule is O=C(c1sccc1S(=O)(=O)N1CCc2ccccc2C1)N1CCCCC1. The van der Waals surface area contributed by atoms with Crippen molar-refractivity contribution in [1.82, 2.24) is 9.21 Å². The maximum atomic E-state index is 13.2. The molecule has 1 aromatic heterocycles. The molecule has 1 fully saturated rings. The van der Waals surface area contributed by atoms with Crippen molar-refractivity contribution in [3.63, 3.8) is 0 Å². The Morgan fingerprint density at radius 3 is 2.46 bits per heavy atom. The van der Waals surface area contributed by atoms with Crippen LogP contribution < -0.4 is 0 Å². The number of likely N-dealkylation sites (tertiary alicyclic amines) is 1. The number of fused-ring (bicyclic) bond motifs is 1. The van der Waals surface area contributed by atoms with Gasteiger partial charge in [-0.2, -0.15) is 4.31 Å². The van der Waals surface area contributed by atoms with Crippen LogP contribution in [0.5, 0.6) is 0 Å². The van der Waals surface area contributed by atoms with Gasteiger partial charge in [-0.3, -0.25) is 4.79 Å². The normalized spacial score (nSPS) is 18.5. The monoisotopic (exact) mass is 390 g/mol. The molecule has 26 heavy (non-hydrogen) atoms. The van der Waals surface area contributed by atoms with E-state index < -0.39 is 10.0 Å². The van der Waals surface area contributed by atoms with E-state index in [1.165, 1.54) is 21.2 Å². The standard InChI is InChI=1S/C19H22N2O3S2/c22-19(20-10-4-1-5-11-20)18-17(9-13-25-18)26(23,24)21-12-8-15-6-2-3-7-16(15)14-21/h2-3,6-7,9,13H,1,4-5,8,10-12,14H2. The lowest BCUT2D eigenvalue weighted by Crippen LogP contribution is -2.38. The molecule has 2 aliphatic rings. The number of thiophene rings is 1. The summed E-state index contributed by atoms with van der Waals surface area (Å²) in [5.41, 5.74) is 2.25. The lowest BCUT2D eigenvalue weighted by molar-refractivity contribution is 0.0725. The van der Waals surface area contributed by atoms with Gasteiger partial charge in [0.15, 0.2) is 0 Å². The Kier molecular flexibility index (Phi) is 4.86. The summed E-state index contributed by atoms with van der Waals surface area (Å²) in [6.45, 7) is 2.25. The Bertz CT molecular complexity index is 914. The molecule has 0 N–H and O–H groups in total. The molecule has 7 heteroatoms. The minimum absolute atomic E-state index is 0.143. The Balaban J connectivity index is 1.61. The van der Waals surface area contributed by atoms with Crippen LogP contribution in [0.3, 0.4) is 0 Å². The number of carbonyl (C=O) groups excluding carboxylic acids is 1. The molecule has 0 radical (unpaired) electrons. The van der Waals surface area contributed by atoms with Crippen LogP contribution in [0.4, 0.5) is 0 Å². The van der Waals surface area contributed by atoms with Crippen LogP contribution in [0.2, 0.25) is 0 Å². The Morgan fingerprint density at radius 2 is 1.69 bits per heavy atom. The lowest BCUT2D eigenvalue weighted by atomic mass is 10.0. The second kappa shape index (κ2) is 7.13. The summed E-state index contributed by atoms with van der Waals surface area (Å²) < 4.78 is 28.0. The number of amides is 1. The minimum Gasteiger partial charge on any atom is -0.338 e. The summed E-state index contributed by atoms with van der Waals surface area (Å²) >= 11 is 1.23. The van der Waals surface area contributed by atoms with Crippen molar-refractivity contribution in [2.45, 2.75) is 37.1 Å². The van der Waals surface area contributed by atoms with Gasteiger partial charge in [0, 0.05) is 26.2 Å². The highest BCUT2D eigenvalue weighted by molar-refractivity contribution is 7.89. The van der Waals surface area contributed by atoms with E-state index in [0.29, 0.717) is 37.5 Å². The van der Waals surface area contributed by atoms with E-state index in [1.54, 1.807) is 16.3 Å². The highest BCUT2D eigenvalue weighted by atomic mass is 32.2. The predicted octanol–water partition coefficient (Wildman–Crippen LogP) is 3.12. The first-order valence-electron chi connectivity index (χ1n) is 9.01. The van der Waals surface area contributed by atoms with E-state index in [4.69, 9.17) is 0 Å². The van der Waals surface area contributed by atoms with Crippen LogP contribution in [0.1, 0.15) is 40.1 Å². The van der Waals surface area contributed by atoms with Gasteiger partial charge in [-0.25, -0.2) is 8.42 Å². The van der Waals surface area contributed by atoms with E-state index in [-0.39, 0.29) is 10.8 Å². The zero-order chi connectivity index (χ0) is 18.1. The van der Waals surface area contributed by atoms with Crippen molar-refractivity contribution in [3.05, 3.63) is 51.7 Å². The smallest absolute Gasteiger partial charge is 0.265 e. The summed E-state index contributed by atoms with van der Waals surface area (Å²) in [6.07, 6.45) is 3.81. The van der Waals surface area contributed by atoms with Gasteiger partial charge < -0.3 is 4.90 Å². The van der Waals surface area contributed by atoms with Crippen LogP contribution in [-0.4, -0.2) is 43.2 Å². The number of rotatable bonds is 3. The van der Waals surface area contributed by atoms with Gasteiger partial charge in [-0.15, -0.1) is 11.3 Å². The van der Waals surface area contributed by atoms with Crippen LogP contribution in [0, 0.1) is 0 Å². The molecule has 0 spiro atoms. The summed E-state index contributed by atoms with van der Waals surface area (Å²) in [5, 5.41) is 1.71. The molecule has 1 amide bonds. The molecule has 0 atom stereocenters. The van der Waals surface area contributed by atoms with Gasteiger partial charge in [0.2, 0.25) is 10.0 Å². The van der Waals surface area contributed by atoms with Gasteiger partial charge in [0.1, 0.15) is 9.77 Å². The second-order valence-electron chi connectivity index (χ2n) is 6.82. The third-order valence-corrected chi connectivity index (χ3v) is 8.10. The molecule has 1 saturated heterocycles. The molecule has 4 rings (SSSR count). The molecular formula is C19H22N2O3S2. The molecule has 2 aliphatic heterocycles. The largest absolute Gasteiger partial charge is 0.338 e. The third-order valence-electron chi connectivity index (χ3n) is 5.18. The Morgan fingerprint density at radius 1 is 0.962 bits per heavy atom. The fourth-order valence-corrected chi connectivity index (χ4v) is 6.49. The molecule has 2 aromatic rings. The molecule has 5 nitrogen and oxygen atoms in total. The number of piperidine rings is 1. The van der Waals surface area contributed by atoms with E-state index in [1.807, 2.05) is 18.2 Å². The summed E-state index contributed by atoms with van der Waals surface area (Å²) in [5.74, 6) is -0.143. The first kappa shape index (κ1) is 17.7. The zero-order valence-electron chi connectivity index (χ0n) is 14.6. The van der Waals surface area contributed by atoms with Gasteiger partial charge in [0.05, 0.1) is 0 Å². The third kappa shape index (κ3) is 3.19. The summed E-state index contributed by atoms with van der Waals surface area (Å²) in [7, 11) is -3.68. The quantitative estimate of drug-likeness (QED) is 0.809. The maximum Gasteiger partial charge on any atom is 0.265 e. The van der Waals surface area contributed by atoms with E-state index in [9.17, 15) is 13.2 Å². The fourth-order valence-electron chi connectivity index (χ4n) is 3.71. The minimum atomic E-state index is -3.68. The molecule has 0 saturated carbocycles. The first-order valence-corrected chi connectivity index (χ1v) is 11.3. The molecule has 0 aliphatic carbocycles. The number of hydrogen-bond donors (Lipinski definition) is 0. The summed E-state index contributed by atoms with van der Waals surface area (Å²) in [4.78, 5) is 15.2. The average Bonchev–Trinajstić information content (AvgIpc) is 3.18. The van der Waals surface area contributed by atoms with Crippen molar-refractivity contribution in [3.8, 4) is 0 Å². The number of carbonyl (C=O) groups is 1. The van der Waals surface area contributed by atoms with Gasteiger partial charge in [-0.05, 0) is 48.3 Å². The molecule has 3 heterocycles. The zero-order valence-corrected chi connectivity index (χ0v) is 16.2. The van der Waals surface area contributed by atoms with Crippen molar-refractivity contribution >= 4 is 27.3 Å². The van der Waals surface area contributed by atoms with Gasteiger partial charge in [-0.1, -0.05) is 24.3 Å². The van der Waals surface area contributed by atoms with Crippen molar-refractivity contribution in [1.29, 1.82) is 0 Å². The number of benzene rings is 1. The average molecular weight is 391 g/mol. The molecule has 1 aromatic carbocycles. The number of sulfonamides is 1. The van der Waals surface area contributed by atoms with Crippen molar-refractivity contribution in [2.24, 2.45) is 0 Å². The molecule has 138 valence electrons. The van der Waals surface area contributed by atoms with E-state index in [2.05, 4.69) is 6.07 Å². The molecule has 0 bridgehead atoms. The van der Waals surface area contributed by atoms with Crippen LogP contribution in [0.15, 0.2) is 40.6 Å². The maximum absolute atomic E-state index is 13.2. The van der Waals surface area contributed by atoms with E-state index >= 15 is 0 Å². The Labute approximate surface area is 158 Å². The first-order chi connectivity index (χ1) is 12.6.